The van der Waals surface area contributed by atoms with Crippen LogP contribution < -0.4 is 9.80 Å². The molecule has 2 aromatic carbocycles. The van der Waals surface area contributed by atoms with Gasteiger partial charge >= 0.3 is 13.9 Å². The predicted octanol–water partition coefficient (Wildman–Crippen LogP) is 5.14. The zero-order chi connectivity index (χ0) is 29.6. The SMILES string of the molecule is CCCCCC(=O)N(COC(=O)N(C)c1ccccc1COP(=O)(O)O)c1nc2c(F)cc(C#N)c(F)c2n1I. The van der Waals surface area contributed by atoms with E-state index in [1.807, 2.05) is 6.92 Å². The predicted molar refractivity (Wildman–Crippen MR) is 148 cm³/mol. The van der Waals surface area contributed by atoms with E-state index in [4.69, 9.17) is 19.8 Å². The van der Waals surface area contributed by atoms with E-state index in [0.29, 0.717) is 12.5 Å². The minimum absolute atomic E-state index is 0.0397. The lowest BCUT2D eigenvalue weighted by Gasteiger charge is -2.24. The molecule has 0 saturated heterocycles. The van der Waals surface area contributed by atoms with Gasteiger partial charge in [-0.15, -0.1) is 0 Å². The number of carbonyl (C=O) groups is 2. The molecule has 1 heterocycles. The van der Waals surface area contributed by atoms with Crippen LogP contribution in [0.2, 0.25) is 0 Å². The lowest BCUT2D eigenvalue weighted by molar-refractivity contribution is -0.119. The van der Waals surface area contributed by atoms with Crippen molar-refractivity contribution in [1.82, 2.24) is 7.76 Å². The number of hydrogen-bond acceptors (Lipinski definition) is 7. The standard InChI is InChI=1S/C24H25F2IN5O7P/c1-3-4-5-10-19(33)31(23-29-21-17(25)11-16(12-28)20(26)22(21)32(23)27)14-38-24(34)30(2)18-9-7-6-8-15(18)13-39-40(35,36)37/h6-9,11H,3-5,10,13-14H2,1-2H3,(H2,35,36,37). The molecule has 3 aromatic rings. The Hall–Kier alpha value is -3.16. The van der Waals surface area contributed by atoms with Gasteiger partial charge in [0, 0.05) is 19.0 Å². The molecule has 0 aliphatic carbocycles. The summed E-state index contributed by atoms with van der Waals surface area (Å²) in [7, 11) is -3.44. The Kier molecular flexibility index (Phi) is 10.6. The Morgan fingerprint density at radius 1 is 1.25 bits per heavy atom. The maximum atomic E-state index is 14.9. The molecule has 2 amide bonds. The van der Waals surface area contributed by atoms with E-state index in [9.17, 15) is 22.9 Å². The number of nitrogens with zero attached hydrogens (tertiary/aromatic N) is 5. The van der Waals surface area contributed by atoms with Crippen LogP contribution in [0, 0.1) is 23.0 Å². The first-order chi connectivity index (χ1) is 18.9. The highest BCUT2D eigenvalue weighted by atomic mass is 127. The number of hydrogen-bond donors (Lipinski definition) is 2. The molecule has 0 fully saturated rings. The molecule has 0 bridgehead atoms. The van der Waals surface area contributed by atoms with Crippen LogP contribution in [-0.4, -0.2) is 43.3 Å². The van der Waals surface area contributed by atoms with Gasteiger partial charge < -0.3 is 14.5 Å². The van der Waals surface area contributed by atoms with Crippen molar-refractivity contribution < 1.29 is 42.0 Å². The first-order valence-electron chi connectivity index (χ1n) is 11.8. The normalized spacial score (nSPS) is 11.3. The maximum absolute atomic E-state index is 14.9. The fraction of sp³-hybridized carbons (Fsp3) is 0.333. The molecule has 0 aliphatic rings. The van der Waals surface area contributed by atoms with Crippen LogP contribution >= 0.6 is 30.7 Å². The number of benzene rings is 2. The summed E-state index contributed by atoms with van der Waals surface area (Å²) in [5, 5.41) is 9.14. The number of fused-ring (bicyclic) bond motifs is 1. The number of para-hydroxylation sites is 1. The van der Waals surface area contributed by atoms with Crippen LogP contribution in [0.5, 0.6) is 0 Å². The van der Waals surface area contributed by atoms with Crippen LogP contribution in [0.15, 0.2) is 30.3 Å². The van der Waals surface area contributed by atoms with Crippen LogP contribution in [0.25, 0.3) is 11.0 Å². The Bertz CT molecular complexity index is 1510. The lowest BCUT2D eigenvalue weighted by atomic mass is 10.2. The number of phosphoric ester groups is 1. The number of carbonyl (C=O) groups excluding carboxylic acids is 2. The molecule has 0 unspecified atom stereocenters. The van der Waals surface area contributed by atoms with Crippen LogP contribution in [-0.2, 0) is 25.2 Å². The minimum Gasteiger partial charge on any atom is -0.427 e. The molecule has 0 saturated carbocycles. The molecule has 3 rings (SSSR count). The molecule has 0 spiro atoms. The highest BCUT2D eigenvalue weighted by Gasteiger charge is 2.28. The fourth-order valence-corrected chi connectivity index (χ4v) is 4.83. The fourth-order valence-electron chi connectivity index (χ4n) is 3.71. The first-order valence-corrected chi connectivity index (χ1v) is 14.3. The van der Waals surface area contributed by atoms with Gasteiger partial charge in [0.05, 0.1) is 40.7 Å². The molecule has 16 heteroatoms. The third-order valence-electron chi connectivity index (χ3n) is 5.74. The van der Waals surface area contributed by atoms with Gasteiger partial charge in [-0.25, -0.2) is 30.8 Å². The van der Waals surface area contributed by atoms with E-state index >= 15 is 0 Å². The Balaban J connectivity index is 1.91. The molecule has 0 aliphatic heterocycles. The monoisotopic (exact) mass is 691 g/mol. The topological polar surface area (TPSA) is 158 Å². The number of nitriles is 1. The summed E-state index contributed by atoms with van der Waals surface area (Å²) in [6, 6.07) is 8.44. The highest BCUT2D eigenvalue weighted by molar-refractivity contribution is 14.1. The smallest absolute Gasteiger partial charge is 0.427 e. The number of amides is 2. The van der Waals surface area contributed by atoms with Gasteiger partial charge in [0.2, 0.25) is 11.9 Å². The van der Waals surface area contributed by atoms with Crippen LogP contribution in [0.4, 0.5) is 25.2 Å². The zero-order valence-electron chi connectivity index (χ0n) is 21.4. The highest BCUT2D eigenvalue weighted by Crippen LogP contribution is 2.38. The number of aromatic nitrogens is 2. The average Bonchev–Trinajstić information content (AvgIpc) is 3.26. The first kappa shape index (κ1) is 31.4. The van der Waals surface area contributed by atoms with Gasteiger partial charge in [-0.1, -0.05) is 38.0 Å². The number of anilines is 2. The second-order valence-corrected chi connectivity index (χ2v) is 10.7. The Morgan fingerprint density at radius 2 is 1.95 bits per heavy atom. The van der Waals surface area contributed by atoms with Crippen LogP contribution in [0.3, 0.4) is 0 Å². The van der Waals surface area contributed by atoms with E-state index in [0.717, 1.165) is 25.4 Å². The van der Waals surface area contributed by atoms with Crippen molar-refractivity contribution in [1.29, 1.82) is 5.26 Å². The van der Waals surface area contributed by atoms with Crippen LogP contribution in [0.1, 0.15) is 43.7 Å². The van der Waals surface area contributed by atoms with Crippen molar-refractivity contribution in [3.63, 3.8) is 0 Å². The largest absolute Gasteiger partial charge is 0.469 e. The number of unbranched alkanes of at least 4 members (excludes halogenated alkanes) is 2. The van der Waals surface area contributed by atoms with E-state index in [-0.39, 0.29) is 29.1 Å². The second kappa shape index (κ2) is 13.5. The van der Waals surface area contributed by atoms with E-state index < -0.39 is 55.9 Å². The quantitative estimate of drug-likeness (QED) is 0.120. The Morgan fingerprint density at radius 3 is 2.60 bits per heavy atom. The number of halogens is 3. The molecule has 2 N–H and O–H groups in total. The molecule has 12 nitrogen and oxygen atoms in total. The molecular weight excluding hydrogens is 666 g/mol. The van der Waals surface area contributed by atoms with Crippen molar-refractivity contribution in [2.24, 2.45) is 0 Å². The van der Waals surface area contributed by atoms with Gasteiger partial charge in [-0.3, -0.25) is 14.2 Å². The number of ether oxygens (including phenoxy) is 1. The van der Waals surface area contributed by atoms with E-state index in [1.165, 1.54) is 19.2 Å². The van der Waals surface area contributed by atoms with Crippen molar-refractivity contribution >= 4 is 65.4 Å². The minimum atomic E-state index is -4.78. The summed E-state index contributed by atoms with van der Waals surface area (Å²) in [4.78, 5) is 50.2. The average molecular weight is 691 g/mol. The summed E-state index contributed by atoms with van der Waals surface area (Å²) in [6.45, 7) is 0.780. The molecule has 0 radical (unpaired) electrons. The third kappa shape index (κ3) is 7.32. The summed E-state index contributed by atoms with van der Waals surface area (Å²) in [6.07, 6.45) is 1.17. The van der Waals surface area contributed by atoms with E-state index in [1.54, 1.807) is 41.1 Å². The molecule has 0 atom stereocenters. The summed E-state index contributed by atoms with van der Waals surface area (Å²) in [5.41, 5.74) is -0.803. The van der Waals surface area contributed by atoms with Gasteiger partial charge in [0.1, 0.15) is 17.1 Å². The van der Waals surface area contributed by atoms with E-state index in [2.05, 4.69) is 9.51 Å². The number of rotatable bonds is 11. The van der Waals surface area contributed by atoms with Gasteiger partial charge in [-0.05, 0) is 18.6 Å². The lowest BCUT2D eigenvalue weighted by Crippen LogP contribution is -2.38. The molecule has 214 valence electrons. The number of phosphoric acid groups is 1. The zero-order valence-corrected chi connectivity index (χ0v) is 24.4. The summed E-state index contributed by atoms with van der Waals surface area (Å²) in [5.74, 6) is -2.71. The molecular formula is C24H25F2IN5O7P. The van der Waals surface area contributed by atoms with Crippen molar-refractivity contribution in [3.8, 4) is 6.07 Å². The molecule has 40 heavy (non-hydrogen) atoms. The van der Waals surface area contributed by atoms with Crippen molar-refractivity contribution in [3.05, 3.63) is 53.1 Å². The second-order valence-electron chi connectivity index (χ2n) is 8.49. The number of imidazole rings is 1. The maximum Gasteiger partial charge on any atom is 0.469 e. The molecule has 1 aromatic heterocycles. The van der Waals surface area contributed by atoms with Gasteiger partial charge in [0.25, 0.3) is 0 Å². The van der Waals surface area contributed by atoms with Crippen molar-refractivity contribution in [2.45, 2.75) is 39.2 Å². The Labute approximate surface area is 241 Å². The summed E-state index contributed by atoms with van der Waals surface area (Å²) < 4.78 is 51.7. The van der Waals surface area contributed by atoms with Gasteiger partial charge in [0.15, 0.2) is 18.4 Å². The third-order valence-corrected chi connectivity index (χ3v) is 7.12. The van der Waals surface area contributed by atoms with Crippen molar-refractivity contribution in [2.75, 3.05) is 23.6 Å². The van der Waals surface area contributed by atoms with Gasteiger partial charge in [-0.2, -0.15) is 5.26 Å². The summed E-state index contributed by atoms with van der Waals surface area (Å²) >= 11 is 1.62.